The molecule has 1 aromatic heterocycles. The molecule has 0 radical (unpaired) electrons. The summed E-state index contributed by atoms with van der Waals surface area (Å²) in [5, 5.41) is 9.28. The topological polar surface area (TPSA) is 74.8 Å². The smallest absolute Gasteiger partial charge is 0.264 e. The average molecular weight is 364 g/mol. The second-order valence-electron chi connectivity index (χ2n) is 5.01. The van der Waals surface area contributed by atoms with Crippen LogP contribution in [-0.4, -0.2) is 20.4 Å². The molecule has 1 aromatic carbocycles. The first-order valence-electron chi connectivity index (χ1n) is 7.15. The van der Waals surface area contributed by atoms with Crippen molar-refractivity contribution in [2.45, 2.75) is 31.0 Å². The molecule has 2 aromatic rings. The molecule has 5 nitrogen and oxygen atoms in total. The van der Waals surface area contributed by atoms with Gasteiger partial charge >= 0.3 is 0 Å². The minimum Gasteiger partial charge on any atom is -0.325 e. The molecule has 2 rings (SSSR count). The number of H-pyrrole nitrogens is 1. The lowest BCUT2D eigenvalue weighted by atomic mass is 10.0. The van der Waals surface area contributed by atoms with Crippen LogP contribution in [0.25, 0.3) is 11.3 Å². The minimum absolute atomic E-state index is 0.0487. The standard InChI is InChI=1S/C16H18BrN3O2/c1-3-16(17,4-2)15(22)18-12-7-5-11(6-8-12)13-9-10-14(21)20-19-13/h5-10H,3-4H2,1-2H3,(H,18,22)(H,20,21). The van der Waals surface area contributed by atoms with Crippen molar-refractivity contribution in [2.24, 2.45) is 0 Å². The molecule has 0 atom stereocenters. The number of aromatic amines is 1. The molecule has 1 heterocycles. The van der Waals surface area contributed by atoms with Crippen molar-refractivity contribution in [1.82, 2.24) is 10.2 Å². The predicted molar refractivity (Wildman–Crippen MR) is 91.2 cm³/mol. The van der Waals surface area contributed by atoms with Crippen LogP contribution in [0, 0.1) is 0 Å². The Morgan fingerprint density at radius 3 is 2.32 bits per heavy atom. The van der Waals surface area contributed by atoms with Crippen molar-refractivity contribution in [3.63, 3.8) is 0 Å². The summed E-state index contributed by atoms with van der Waals surface area (Å²) in [6.07, 6.45) is 1.43. The molecule has 0 spiro atoms. The highest BCUT2D eigenvalue weighted by molar-refractivity contribution is 9.10. The Morgan fingerprint density at radius 1 is 1.18 bits per heavy atom. The fraction of sp³-hybridized carbons (Fsp3) is 0.312. The van der Waals surface area contributed by atoms with Crippen LogP contribution < -0.4 is 10.9 Å². The first-order valence-corrected chi connectivity index (χ1v) is 7.94. The monoisotopic (exact) mass is 363 g/mol. The van der Waals surface area contributed by atoms with Crippen molar-refractivity contribution in [1.29, 1.82) is 0 Å². The van der Waals surface area contributed by atoms with E-state index >= 15 is 0 Å². The molecule has 0 aliphatic carbocycles. The van der Waals surface area contributed by atoms with E-state index in [0.717, 1.165) is 11.3 Å². The minimum atomic E-state index is -0.536. The van der Waals surface area contributed by atoms with Crippen LogP contribution in [0.5, 0.6) is 0 Å². The van der Waals surface area contributed by atoms with Crippen LogP contribution in [0.15, 0.2) is 41.2 Å². The van der Waals surface area contributed by atoms with E-state index in [9.17, 15) is 9.59 Å². The van der Waals surface area contributed by atoms with Crippen LogP contribution in [0.4, 0.5) is 5.69 Å². The number of nitrogens with zero attached hydrogens (tertiary/aromatic N) is 1. The Morgan fingerprint density at radius 2 is 1.82 bits per heavy atom. The number of anilines is 1. The molecule has 6 heteroatoms. The highest BCUT2D eigenvalue weighted by Gasteiger charge is 2.31. The average Bonchev–Trinajstić information content (AvgIpc) is 2.55. The summed E-state index contributed by atoms with van der Waals surface area (Å²) in [6, 6.07) is 10.4. The molecular formula is C16H18BrN3O2. The summed E-state index contributed by atoms with van der Waals surface area (Å²) in [5.74, 6) is -0.0487. The van der Waals surface area contributed by atoms with Gasteiger partial charge < -0.3 is 5.32 Å². The summed E-state index contributed by atoms with van der Waals surface area (Å²) < 4.78 is -0.536. The Labute approximate surface area is 137 Å². The van der Waals surface area contributed by atoms with Gasteiger partial charge in [-0.05, 0) is 31.0 Å². The molecule has 0 saturated heterocycles. The maximum atomic E-state index is 12.3. The summed E-state index contributed by atoms with van der Waals surface area (Å²) in [5.41, 5.74) is 2.03. The van der Waals surface area contributed by atoms with Crippen molar-refractivity contribution >= 4 is 27.5 Å². The molecule has 2 N–H and O–H groups in total. The zero-order valence-corrected chi connectivity index (χ0v) is 14.1. The molecule has 0 bridgehead atoms. The van der Waals surface area contributed by atoms with Gasteiger partial charge in [0.15, 0.2) is 0 Å². The molecule has 0 aliphatic rings. The lowest BCUT2D eigenvalue weighted by Crippen LogP contribution is -2.35. The maximum absolute atomic E-state index is 12.3. The summed E-state index contributed by atoms with van der Waals surface area (Å²) in [7, 11) is 0. The number of rotatable bonds is 5. The molecular weight excluding hydrogens is 346 g/mol. The van der Waals surface area contributed by atoms with Gasteiger partial charge in [0.25, 0.3) is 5.56 Å². The zero-order chi connectivity index (χ0) is 16.2. The van der Waals surface area contributed by atoms with Gasteiger partial charge in [-0.1, -0.05) is 41.9 Å². The first-order chi connectivity index (χ1) is 10.5. The number of carbonyl (C=O) groups excluding carboxylic acids is 1. The van der Waals surface area contributed by atoms with Gasteiger partial charge in [-0.15, -0.1) is 0 Å². The van der Waals surface area contributed by atoms with Crippen LogP contribution in [0.1, 0.15) is 26.7 Å². The third-order valence-electron chi connectivity index (χ3n) is 3.65. The Bertz CT molecular complexity index is 686. The molecule has 0 aliphatic heterocycles. The van der Waals surface area contributed by atoms with E-state index in [1.165, 1.54) is 6.07 Å². The number of nitrogens with one attached hydrogen (secondary N) is 2. The predicted octanol–water partition coefficient (Wildman–Crippen LogP) is 3.33. The van der Waals surface area contributed by atoms with Gasteiger partial charge in [-0.3, -0.25) is 9.59 Å². The first kappa shape index (κ1) is 16.4. The van der Waals surface area contributed by atoms with Crippen molar-refractivity contribution < 1.29 is 4.79 Å². The van der Waals surface area contributed by atoms with E-state index in [2.05, 4.69) is 31.4 Å². The van der Waals surface area contributed by atoms with E-state index in [4.69, 9.17) is 0 Å². The number of halogens is 1. The summed E-state index contributed by atoms with van der Waals surface area (Å²) in [4.78, 5) is 23.3. The van der Waals surface area contributed by atoms with Gasteiger partial charge in [-0.2, -0.15) is 5.10 Å². The fourth-order valence-corrected chi connectivity index (χ4v) is 2.14. The molecule has 0 unspecified atom stereocenters. The lowest BCUT2D eigenvalue weighted by Gasteiger charge is -2.23. The number of carbonyl (C=O) groups is 1. The normalized spacial score (nSPS) is 11.2. The quantitative estimate of drug-likeness (QED) is 0.800. The van der Waals surface area contributed by atoms with Crippen LogP contribution in [0.3, 0.4) is 0 Å². The van der Waals surface area contributed by atoms with E-state index in [0.29, 0.717) is 18.5 Å². The number of hydrogen-bond donors (Lipinski definition) is 2. The van der Waals surface area contributed by atoms with E-state index in [1.807, 2.05) is 38.1 Å². The van der Waals surface area contributed by atoms with E-state index in [1.54, 1.807) is 6.07 Å². The zero-order valence-electron chi connectivity index (χ0n) is 12.5. The molecule has 0 saturated carbocycles. The Balaban J connectivity index is 2.14. The van der Waals surface area contributed by atoms with Crippen molar-refractivity contribution in [3.8, 4) is 11.3 Å². The van der Waals surface area contributed by atoms with Gasteiger partial charge in [0.05, 0.1) is 5.69 Å². The number of hydrogen-bond acceptors (Lipinski definition) is 3. The van der Waals surface area contributed by atoms with E-state index < -0.39 is 4.32 Å². The van der Waals surface area contributed by atoms with Gasteiger partial charge in [0, 0.05) is 17.3 Å². The van der Waals surface area contributed by atoms with Gasteiger partial charge in [0.2, 0.25) is 5.91 Å². The van der Waals surface area contributed by atoms with Crippen LogP contribution in [0.2, 0.25) is 0 Å². The maximum Gasteiger partial charge on any atom is 0.264 e. The van der Waals surface area contributed by atoms with Crippen LogP contribution in [-0.2, 0) is 4.79 Å². The molecule has 116 valence electrons. The highest BCUT2D eigenvalue weighted by Crippen LogP contribution is 2.28. The molecule has 1 amide bonds. The Hall–Kier alpha value is -1.95. The fourth-order valence-electron chi connectivity index (χ4n) is 2.04. The second-order valence-corrected chi connectivity index (χ2v) is 6.53. The number of amides is 1. The third-order valence-corrected chi connectivity index (χ3v) is 5.13. The lowest BCUT2D eigenvalue weighted by molar-refractivity contribution is -0.118. The van der Waals surface area contributed by atoms with Crippen LogP contribution >= 0.6 is 15.9 Å². The van der Waals surface area contributed by atoms with Gasteiger partial charge in [-0.25, -0.2) is 5.10 Å². The number of alkyl halides is 1. The molecule has 0 fully saturated rings. The van der Waals surface area contributed by atoms with Gasteiger partial charge in [0.1, 0.15) is 4.32 Å². The van der Waals surface area contributed by atoms with E-state index in [-0.39, 0.29) is 11.5 Å². The molecule has 22 heavy (non-hydrogen) atoms. The third kappa shape index (κ3) is 3.62. The largest absolute Gasteiger partial charge is 0.325 e. The summed E-state index contributed by atoms with van der Waals surface area (Å²) in [6.45, 7) is 3.95. The second kappa shape index (κ2) is 6.87. The highest BCUT2D eigenvalue weighted by atomic mass is 79.9. The van der Waals surface area contributed by atoms with Crippen molar-refractivity contribution in [3.05, 3.63) is 46.8 Å². The summed E-state index contributed by atoms with van der Waals surface area (Å²) >= 11 is 3.51. The van der Waals surface area contributed by atoms with Crippen molar-refractivity contribution in [2.75, 3.05) is 5.32 Å². The Kier molecular flexibility index (Phi) is 5.13. The number of aromatic nitrogens is 2. The SMILES string of the molecule is CCC(Br)(CC)C(=O)Nc1ccc(-c2ccc(=O)[nH]n2)cc1. The number of benzene rings is 1.